The first-order valence-corrected chi connectivity index (χ1v) is 7.64. The Morgan fingerprint density at radius 2 is 1.87 bits per heavy atom. The lowest BCUT2D eigenvalue weighted by Gasteiger charge is -2.18. The van der Waals surface area contributed by atoms with Crippen LogP contribution in [0, 0.1) is 5.82 Å². The summed E-state index contributed by atoms with van der Waals surface area (Å²) in [5, 5.41) is 17.6. The maximum absolute atomic E-state index is 13.8. The van der Waals surface area contributed by atoms with E-state index in [0.29, 0.717) is 0 Å². The summed E-state index contributed by atoms with van der Waals surface area (Å²) in [6.45, 7) is 5.07. The van der Waals surface area contributed by atoms with Gasteiger partial charge in [0.15, 0.2) is 0 Å². The number of halogens is 2. The monoisotopic (exact) mass is 364 g/mol. The average molecular weight is 365 g/mol. The molecule has 2 N–H and O–H groups in total. The number of carbonyl (C=O) groups is 2. The molecule has 0 saturated carbocycles. The first-order chi connectivity index (χ1) is 10.4. The highest BCUT2D eigenvalue weighted by molar-refractivity contribution is 7.91. The van der Waals surface area contributed by atoms with E-state index in [1.54, 1.807) is 20.8 Å². The van der Waals surface area contributed by atoms with Crippen molar-refractivity contribution in [3.63, 3.8) is 0 Å². The van der Waals surface area contributed by atoms with E-state index in [9.17, 15) is 18.5 Å². The van der Waals surface area contributed by atoms with Crippen LogP contribution in [-0.2, 0) is 11.4 Å². The fraction of sp³-hybridized carbons (Fsp3) is 0.308. The maximum Gasteiger partial charge on any atom is 0.421 e. The van der Waals surface area contributed by atoms with Gasteiger partial charge in [0.05, 0.1) is 16.9 Å². The fourth-order valence-electron chi connectivity index (χ4n) is 1.37. The van der Waals surface area contributed by atoms with Crippen LogP contribution in [0.25, 0.3) is 0 Å². The van der Waals surface area contributed by atoms with E-state index >= 15 is 0 Å². The Bertz CT molecular complexity index is 649. The zero-order valence-corrected chi connectivity index (χ0v) is 14.0. The van der Waals surface area contributed by atoms with Gasteiger partial charge in [-0.1, -0.05) is 16.0 Å². The molecule has 0 unspecified atom stereocenters. The van der Waals surface area contributed by atoms with E-state index in [4.69, 9.17) is 21.8 Å². The van der Waals surface area contributed by atoms with Crippen LogP contribution >= 0.6 is 11.6 Å². The lowest BCUT2D eigenvalue weighted by molar-refractivity contribution is 0.184. The third kappa shape index (κ3) is 4.81. The number of carboxylic acid groups (broad SMARTS) is 2. The van der Waals surface area contributed by atoms with Gasteiger partial charge in [-0.3, -0.25) is 0 Å². The summed E-state index contributed by atoms with van der Waals surface area (Å²) < 4.78 is 28.8. The zero-order valence-electron chi connectivity index (χ0n) is 12.4. The number of hydrogen-bond acceptors (Lipinski definition) is 4. The molecule has 0 saturated heterocycles. The van der Waals surface area contributed by atoms with Gasteiger partial charge >= 0.3 is 12.2 Å². The van der Waals surface area contributed by atoms with Crippen LogP contribution in [0.5, 0.6) is 0 Å². The van der Waals surface area contributed by atoms with Crippen LogP contribution in [-0.4, -0.2) is 37.9 Å². The number of hydrogen-bond donors (Lipinski definition) is 2. The highest BCUT2D eigenvalue weighted by Crippen LogP contribution is 2.27. The Labute approximate surface area is 139 Å². The molecule has 0 bridgehead atoms. The molecule has 126 valence electrons. The molecule has 1 aromatic carbocycles. The highest BCUT2D eigenvalue weighted by atomic mass is 35.5. The molecule has 0 heterocycles. The van der Waals surface area contributed by atoms with E-state index in [2.05, 4.69) is 4.40 Å². The number of nitrogens with zero attached hydrogens (tertiary/aromatic N) is 2. The van der Waals surface area contributed by atoms with Crippen LogP contribution < -0.4 is 4.90 Å². The Morgan fingerprint density at radius 3 is 2.30 bits per heavy atom. The quantitative estimate of drug-likeness (QED) is 0.629. The highest BCUT2D eigenvalue weighted by Gasteiger charge is 2.28. The second-order valence-corrected chi connectivity index (χ2v) is 7.66. The van der Waals surface area contributed by atoms with E-state index in [1.807, 2.05) is 0 Å². The molecule has 0 aliphatic carbocycles. The van der Waals surface area contributed by atoms with E-state index in [1.165, 1.54) is 0 Å². The van der Waals surface area contributed by atoms with Crippen LogP contribution in [0.4, 0.5) is 19.7 Å². The summed E-state index contributed by atoms with van der Waals surface area (Å²) >= 11 is 4.20. The molecule has 23 heavy (non-hydrogen) atoms. The molecule has 1 rings (SSSR count). The van der Waals surface area contributed by atoms with Gasteiger partial charge in [0.2, 0.25) is 0 Å². The average Bonchev–Trinajstić information content (AvgIpc) is 2.37. The Morgan fingerprint density at radius 1 is 1.35 bits per heavy atom. The van der Waals surface area contributed by atoms with Crippen molar-refractivity contribution in [2.24, 2.45) is 4.40 Å². The largest absolute Gasteiger partial charge is 0.591 e. The predicted octanol–water partition coefficient (Wildman–Crippen LogP) is 3.52. The summed E-state index contributed by atoms with van der Waals surface area (Å²) in [6.07, 6.45) is -2.67. The van der Waals surface area contributed by atoms with Gasteiger partial charge in [-0.15, -0.1) is 0 Å². The first kappa shape index (κ1) is 19.2. The SMILES string of the molecule is CC(C)(C)[S@+]([O-])/N=C/c1cc(N(C(=O)O)C(=O)O)c(F)cc1Cl. The predicted molar refractivity (Wildman–Crippen MR) is 85.4 cm³/mol. The molecule has 0 aliphatic rings. The lowest BCUT2D eigenvalue weighted by atomic mass is 10.2. The third-order valence-corrected chi connectivity index (χ3v) is 4.17. The van der Waals surface area contributed by atoms with Crippen molar-refractivity contribution < 1.29 is 28.7 Å². The molecule has 0 fully saturated rings. The van der Waals surface area contributed by atoms with Crippen LogP contribution in [0.2, 0.25) is 5.02 Å². The minimum Gasteiger partial charge on any atom is -0.591 e. The van der Waals surface area contributed by atoms with Gasteiger partial charge in [-0.05, 0) is 32.9 Å². The molecule has 7 nitrogen and oxygen atoms in total. The van der Waals surface area contributed by atoms with Gasteiger partial charge in [0, 0.05) is 5.56 Å². The Balaban J connectivity index is 3.32. The standard InChI is InChI=1S/C13H14ClFN2O5S/c1-13(2,3)23(22)16-6-7-4-10(9(15)5-8(7)14)17(11(18)19)12(20)21/h4-6H,1-3H3,(H,18,19)(H,20,21)/b16-6+/t23-/m0/s1. The molecule has 1 aromatic rings. The van der Waals surface area contributed by atoms with Crippen molar-refractivity contribution in [1.29, 1.82) is 0 Å². The topological polar surface area (TPSA) is 113 Å². The van der Waals surface area contributed by atoms with Crippen LogP contribution in [0.15, 0.2) is 16.5 Å². The molecular formula is C13H14ClFN2O5S. The minimum atomic E-state index is -1.88. The number of anilines is 1. The summed E-state index contributed by atoms with van der Waals surface area (Å²) in [7, 11) is 0. The number of benzene rings is 1. The second kappa shape index (κ2) is 7.16. The molecule has 1 atom stereocenters. The van der Waals surface area contributed by atoms with Crippen molar-refractivity contribution in [2.75, 3.05) is 4.90 Å². The molecular weight excluding hydrogens is 351 g/mol. The third-order valence-electron chi connectivity index (χ3n) is 2.50. The first-order valence-electron chi connectivity index (χ1n) is 6.16. The van der Waals surface area contributed by atoms with E-state index in [0.717, 1.165) is 18.3 Å². The van der Waals surface area contributed by atoms with Gasteiger partial charge < -0.3 is 14.8 Å². The Hall–Kier alpha value is -1.84. The summed E-state index contributed by atoms with van der Waals surface area (Å²) in [6, 6.07) is 1.67. The minimum absolute atomic E-state index is 0.0353. The lowest BCUT2D eigenvalue weighted by Crippen LogP contribution is -2.35. The van der Waals surface area contributed by atoms with Crippen molar-refractivity contribution >= 4 is 47.1 Å². The van der Waals surface area contributed by atoms with Crippen molar-refractivity contribution in [3.8, 4) is 0 Å². The molecule has 2 amide bonds. The zero-order chi connectivity index (χ0) is 17.9. The summed E-state index contributed by atoms with van der Waals surface area (Å²) in [5.74, 6) is -1.13. The summed E-state index contributed by atoms with van der Waals surface area (Å²) in [5.41, 5.74) is -0.689. The molecule has 10 heteroatoms. The van der Waals surface area contributed by atoms with Gasteiger partial charge in [0.25, 0.3) is 0 Å². The number of amides is 2. The van der Waals surface area contributed by atoms with Crippen molar-refractivity contribution in [2.45, 2.75) is 25.5 Å². The Kier molecular flexibility index (Phi) is 5.98. The number of rotatable bonds is 3. The molecule has 0 aliphatic heterocycles. The van der Waals surface area contributed by atoms with E-state index < -0.39 is 39.8 Å². The normalized spacial score (nSPS) is 13.1. The smallest absolute Gasteiger partial charge is 0.421 e. The molecule has 0 spiro atoms. The van der Waals surface area contributed by atoms with Gasteiger partial charge in [-0.25, -0.2) is 14.0 Å². The summed E-state index contributed by atoms with van der Waals surface area (Å²) in [4.78, 5) is 21.7. The molecule has 0 radical (unpaired) electrons. The fourth-order valence-corrected chi connectivity index (χ4v) is 2.10. The van der Waals surface area contributed by atoms with Gasteiger partial charge in [0.1, 0.15) is 21.9 Å². The van der Waals surface area contributed by atoms with Crippen LogP contribution in [0.1, 0.15) is 26.3 Å². The van der Waals surface area contributed by atoms with Crippen molar-refractivity contribution in [3.05, 3.63) is 28.5 Å². The second-order valence-electron chi connectivity index (χ2n) is 5.32. The van der Waals surface area contributed by atoms with Crippen molar-refractivity contribution in [1.82, 2.24) is 0 Å². The number of imide groups is 1. The van der Waals surface area contributed by atoms with Crippen LogP contribution in [0.3, 0.4) is 0 Å². The van der Waals surface area contributed by atoms with Gasteiger partial charge in [-0.2, -0.15) is 4.90 Å². The molecule has 0 aromatic heterocycles. The maximum atomic E-state index is 13.8. The van der Waals surface area contributed by atoms with E-state index in [-0.39, 0.29) is 15.5 Å².